The van der Waals surface area contributed by atoms with Gasteiger partial charge >= 0.3 is 12.1 Å². The Morgan fingerprint density at radius 3 is 2.45 bits per heavy atom. The van der Waals surface area contributed by atoms with E-state index < -0.39 is 11.4 Å². The van der Waals surface area contributed by atoms with Gasteiger partial charge in [-0.25, -0.2) is 9.18 Å². The molecule has 2 saturated heterocycles. The van der Waals surface area contributed by atoms with Crippen molar-refractivity contribution >= 4 is 33.6 Å². The van der Waals surface area contributed by atoms with Gasteiger partial charge in [-0.2, -0.15) is 9.97 Å². The number of methoxy groups -OCH3 is 1. The Morgan fingerprint density at radius 2 is 1.80 bits per heavy atom. The maximum Gasteiger partial charge on any atom is 0.410 e. The summed E-state index contributed by atoms with van der Waals surface area (Å²) in [6.45, 7) is 9.07. The number of carbonyl (C=O) groups excluding carboxylic acids is 1. The van der Waals surface area contributed by atoms with Crippen LogP contribution in [-0.4, -0.2) is 84.0 Å². The first-order chi connectivity index (χ1) is 23.5. The van der Waals surface area contributed by atoms with Crippen molar-refractivity contribution in [3.63, 3.8) is 0 Å². The number of rotatable bonds is 10. The lowest BCUT2D eigenvalue weighted by Crippen LogP contribution is -2.57. The molecule has 260 valence electrons. The van der Waals surface area contributed by atoms with Crippen molar-refractivity contribution in [1.29, 1.82) is 0 Å². The Labute approximate surface area is 286 Å². The van der Waals surface area contributed by atoms with Crippen LogP contribution in [0.1, 0.15) is 58.9 Å². The lowest BCUT2D eigenvalue weighted by molar-refractivity contribution is 0.0122. The number of aliphatic hydroxyl groups excluding tert-OH is 1. The second kappa shape index (κ2) is 12.9. The molecule has 0 spiro atoms. The number of aromatic nitrogens is 2. The molecule has 0 radical (unpaired) electrons. The van der Waals surface area contributed by atoms with E-state index in [-0.39, 0.29) is 55.1 Å². The Kier molecular flexibility index (Phi) is 8.77. The monoisotopic (exact) mass is 672 g/mol. The van der Waals surface area contributed by atoms with Crippen molar-refractivity contribution in [3.05, 3.63) is 53.8 Å². The predicted molar refractivity (Wildman–Crippen MR) is 186 cm³/mol. The van der Waals surface area contributed by atoms with Crippen molar-refractivity contribution in [1.82, 2.24) is 14.9 Å². The van der Waals surface area contributed by atoms with Crippen LogP contribution in [0.3, 0.4) is 0 Å². The number of ether oxygens (including phenoxy) is 4. The van der Waals surface area contributed by atoms with E-state index in [4.69, 9.17) is 23.9 Å². The third-order valence-corrected chi connectivity index (χ3v) is 10.0. The fourth-order valence-electron chi connectivity index (χ4n) is 7.27. The van der Waals surface area contributed by atoms with Crippen LogP contribution in [0, 0.1) is 11.2 Å². The summed E-state index contributed by atoms with van der Waals surface area (Å²) in [7, 11) is 1.56. The topological polar surface area (TPSA) is 106 Å². The van der Waals surface area contributed by atoms with Crippen LogP contribution < -0.4 is 14.4 Å². The third kappa shape index (κ3) is 6.46. The summed E-state index contributed by atoms with van der Waals surface area (Å²) >= 11 is 0. The summed E-state index contributed by atoms with van der Waals surface area (Å²) in [5.74, 6) is 0.652. The fourth-order valence-corrected chi connectivity index (χ4v) is 7.27. The molecule has 1 N–H and O–H groups in total. The van der Waals surface area contributed by atoms with Crippen LogP contribution in [0.25, 0.3) is 32.8 Å². The van der Waals surface area contributed by atoms with Gasteiger partial charge < -0.3 is 29.0 Å². The molecular formula is C38H45FN4O6. The quantitative estimate of drug-likeness (QED) is 0.181. The maximum absolute atomic E-state index is 17.1. The normalized spacial score (nSPS) is 19.8. The summed E-state index contributed by atoms with van der Waals surface area (Å²) in [6, 6.07) is 13.5. The van der Waals surface area contributed by atoms with E-state index >= 15 is 4.39 Å². The van der Waals surface area contributed by atoms with Crippen LogP contribution in [0.5, 0.6) is 11.8 Å². The average Bonchev–Trinajstić information content (AvgIpc) is 3.82. The molecule has 7 rings (SSSR count). The Bertz CT molecular complexity index is 1880. The van der Waals surface area contributed by atoms with Gasteiger partial charge in [0.05, 0.1) is 25.3 Å². The van der Waals surface area contributed by atoms with Gasteiger partial charge in [0.25, 0.3) is 0 Å². The molecule has 49 heavy (non-hydrogen) atoms. The maximum atomic E-state index is 17.1. The van der Waals surface area contributed by atoms with Crippen LogP contribution in [-0.2, 0) is 15.9 Å². The van der Waals surface area contributed by atoms with Crippen LogP contribution in [0.4, 0.5) is 15.0 Å². The second-order valence-corrected chi connectivity index (χ2v) is 14.7. The highest BCUT2D eigenvalue weighted by Gasteiger charge is 2.46. The van der Waals surface area contributed by atoms with Gasteiger partial charge in [0.2, 0.25) is 0 Å². The minimum Gasteiger partial charge on any atom is -0.468 e. The molecule has 1 amide bonds. The van der Waals surface area contributed by atoms with E-state index in [1.807, 2.05) is 56.0 Å². The number of amides is 1. The number of piperazine rings is 1. The fraction of sp³-hybridized carbons (Fsp3) is 0.500. The third-order valence-electron chi connectivity index (χ3n) is 10.0. The van der Waals surface area contributed by atoms with E-state index in [9.17, 15) is 9.90 Å². The lowest BCUT2D eigenvalue weighted by Gasteiger charge is -2.42. The van der Waals surface area contributed by atoms with Gasteiger partial charge in [0.15, 0.2) is 12.6 Å². The number of hydrogen-bond acceptors (Lipinski definition) is 9. The summed E-state index contributed by atoms with van der Waals surface area (Å²) in [5, 5.41) is 12.4. The van der Waals surface area contributed by atoms with Crippen molar-refractivity contribution in [2.45, 2.75) is 77.5 Å². The lowest BCUT2D eigenvalue weighted by atomic mass is 9.92. The molecule has 1 aromatic heterocycles. The number of hydrogen-bond donors (Lipinski definition) is 1. The Balaban J connectivity index is 1.33. The summed E-state index contributed by atoms with van der Waals surface area (Å²) < 4.78 is 40.0. The molecule has 2 unspecified atom stereocenters. The molecule has 3 heterocycles. The van der Waals surface area contributed by atoms with Gasteiger partial charge in [0, 0.05) is 36.6 Å². The Morgan fingerprint density at radius 1 is 1.04 bits per heavy atom. The zero-order valence-corrected chi connectivity index (χ0v) is 28.9. The number of benzene rings is 3. The van der Waals surface area contributed by atoms with Crippen molar-refractivity contribution < 1.29 is 33.2 Å². The molecule has 2 aliphatic heterocycles. The summed E-state index contributed by atoms with van der Waals surface area (Å²) in [4.78, 5) is 26.7. The van der Waals surface area contributed by atoms with E-state index in [1.165, 1.54) is 0 Å². The number of carbonyl (C=O) groups is 1. The number of aliphatic hydroxyl groups is 1. The van der Waals surface area contributed by atoms with Gasteiger partial charge in [0.1, 0.15) is 22.7 Å². The molecule has 3 aromatic carbocycles. The van der Waals surface area contributed by atoms with Crippen molar-refractivity contribution in [2.75, 3.05) is 45.1 Å². The predicted octanol–water partition coefficient (Wildman–Crippen LogP) is 6.87. The van der Waals surface area contributed by atoms with E-state index in [2.05, 4.69) is 22.9 Å². The molecule has 11 heteroatoms. The zero-order chi connectivity index (χ0) is 34.5. The number of aryl methyl sites for hydroxylation is 1. The largest absolute Gasteiger partial charge is 0.468 e. The van der Waals surface area contributed by atoms with Crippen LogP contribution in [0.2, 0.25) is 0 Å². The number of halogens is 1. The van der Waals surface area contributed by atoms with Gasteiger partial charge in [-0.3, -0.25) is 4.90 Å². The van der Waals surface area contributed by atoms with E-state index in [0.717, 1.165) is 48.4 Å². The molecule has 2 bridgehead atoms. The summed E-state index contributed by atoms with van der Waals surface area (Å²) in [5.41, 5.74) is 1.43. The highest BCUT2D eigenvalue weighted by atomic mass is 19.1. The average molecular weight is 673 g/mol. The van der Waals surface area contributed by atoms with E-state index in [0.29, 0.717) is 41.2 Å². The van der Waals surface area contributed by atoms with E-state index in [1.54, 1.807) is 13.2 Å². The molecular weight excluding hydrogens is 627 g/mol. The zero-order valence-electron chi connectivity index (χ0n) is 28.9. The molecule has 4 aromatic rings. The molecule has 1 saturated carbocycles. The first-order valence-electron chi connectivity index (χ1n) is 17.2. The first kappa shape index (κ1) is 33.3. The SMILES string of the molecule is CCc1cccc2cc(OCOC)cc(-c3ccc4c(N5CC6CCC(C5)N6C(=O)OC(C)(C)C)nc(OCC5(CO)CC5)nc4c3F)c12. The molecule has 1 aliphatic carbocycles. The Hall–Kier alpha value is -4.22. The minimum absolute atomic E-state index is 0.0102. The molecule has 10 nitrogen and oxygen atoms in total. The second-order valence-electron chi connectivity index (χ2n) is 14.7. The standard InChI is InChI=1S/C38H45FN4O6/c1-6-23-8-7-9-24-16-27(48-22-46-5)17-30(31(23)24)28-12-13-29-33(32(28)39)40-35(47-21-38(20-44)14-15-38)41-34(29)42-18-25-10-11-26(19-42)43(25)36(45)49-37(2,3)4/h7-9,12-13,16-17,25-26,44H,6,10-11,14-15,18-22H2,1-5H3. The smallest absolute Gasteiger partial charge is 0.410 e. The molecule has 3 aliphatic rings. The molecule has 3 fully saturated rings. The number of nitrogens with zero attached hydrogens (tertiary/aromatic N) is 4. The first-order valence-corrected chi connectivity index (χ1v) is 17.2. The van der Waals surface area contributed by atoms with Crippen molar-refractivity contribution in [2.24, 2.45) is 5.41 Å². The van der Waals surface area contributed by atoms with Gasteiger partial charge in [-0.1, -0.05) is 31.2 Å². The number of fused-ring (bicyclic) bond motifs is 4. The van der Waals surface area contributed by atoms with Crippen molar-refractivity contribution in [3.8, 4) is 22.9 Å². The van der Waals surface area contributed by atoms with Gasteiger partial charge in [-0.05, 0) is 93.0 Å². The molecule has 2 atom stereocenters. The van der Waals surface area contributed by atoms with Gasteiger partial charge in [-0.15, -0.1) is 0 Å². The minimum atomic E-state index is -0.593. The highest BCUT2D eigenvalue weighted by molar-refractivity contribution is 6.03. The summed E-state index contributed by atoms with van der Waals surface area (Å²) in [6.07, 6.45) is 3.87. The highest BCUT2D eigenvalue weighted by Crippen LogP contribution is 2.46. The van der Waals surface area contributed by atoms with Crippen LogP contribution >= 0.6 is 0 Å². The number of anilines is 1. The van der Waals surface area contributed by atoms with Crippen LogP contribution in [0.15, 0.2) is 42.5 Å².